The summed E-state index contributed by atoms with van der Waals surface area (Å²) in [6.07, 6.45) is 8.55. The molecule has 2 saturated heterocycles. The van der Waals surface area contributed by atoms with Crippen LogP contribution in [0.15, 0.2) is 54.1 Å². The van der Waals surface area contributed by atoms with Gasteiger partial charge in [0.25, 0.3) is 0 Å². The average molecular weight is 578 g/mol. The van der Waals surface area contributed by atoms with Crippen LogP contribution in [-0.2, 0) is 30.5 Å². The molecule has 8 heteroatoms. The summed E-state index contributed by atoms with van der Waals surface area (Å²) >= 11 is 1.38. The monoisotopic (exact) mass is 577 g/mol. The van der Waals surface area contributed by atoms with Gasteiger partial charge in [-0.1, -0.05) is 55.8 Å². The number of Topliss-reactive ketones (excluding diaryl/α,β-unsaturated/α-hetero) is 1. The number of aliphatic hydroxyl groups excluding tert-OH is 1. The molecule has 218 valence electrons. The van der Waals surface area contributed by atoms with Crippen LogP contribution in [0.1, 0.15) is 51.5 Å². The summed E-state index contributed by atoms with van der Waals surface area (Å²) in [6, 6.07) is 10.2. The third-order valence-electron chi connectivity index (χ3n) is 11.5. The van der Waals surface area contributed by atoms with Gasteiger partial charge in [0.1, 0.15) is 5.25 Å². The lowest BCUT2D eigenvalue weighted by atomic mass is 9.46. The van der Waals surface area contributed by atoms with Crippen molar-refractivity contribution in [3.05, 3.63) is 59.7 Å². The first-order valence-electron chi connectivity index (χ1n) is 15.1. The summed E-state index contributed by atoms with van der Waals surface area (Å²) < 4.78 is 5.16. The van der Waals surface area contributed by atoms with Gasteiger partial charge in [-0.15, -0.1) is 11.8 Å². The summed E-state index contributed by atoms with van der Waals surface area (Å²) in [5.41, 5.74) is 0.294. The van der Waals surface area contributed by atoms with Crippen LogP contribution in [0.5, 0.6) is 0 Å². The number of aliphatic hydroxyl groups is 1. The van der Waals surface area contributed by atoms with Gasteiger partial charge in [-0.2, -0.15) is 5.06 Å². The maximum absolute atomic E-state index is 14.5. The van der Waals surface area contributed by atoms with E-state index in [0.29, 0.717) is 32.5 Å². The van der Waals surface area contributed by atoms with Crippen molar-refractivity contribution >= 4 is 29.3 Å². The zero-order valence-electron chi connectivity index (χ0n) is 23.8. The number of carbonyl (C=O) groups is 3. The van der Waals surface area contributed by atoms with E-state index >= 15 is 0 Å². The minimum atomic E-state index is -1.05. The Balaban J connectivity index is 1.22. The smallest absolute Gasteiger partial charge is 0.319 e. The summed E-state index contributed by atoms with van der Waals surface area (Å²) in [5, 5.41) is 13.6. The Morgan fingerprint density at radius 2 is 1.98 bits per heavy atom. The standard InChI is InChI=1S/C33H39NO6S/c1-31-12-10-23(35)14-21(31)8-9-24-25-15-22-18-34(17-20-6-4-3-5-7-20)40-33(22,32(25,2)16-26(36)29(24)31)28(37)19-41-27-11-13-39-30(27)38/h3-7,10,12,14,22,24-27,29,36H,8-9,11,13,15-19H2,1-2H3/t22-,24-,25-,26-,27?,29+,31-,32-,33-/m0/s1. The van der Waals surface area contributed by atoms with Crippen LogP contribution in [0, 0.1) is 34.5 Å². The molecule has 41 heavy (non-hydrogen) atoms. The van der Waals surface area contributed by atoms with Crippen LogP contribution in [-0.4, -0.2) is 63.6 Å². The van der Waals surface area contributed by atoms with Crippen molar-refractivity contribution in [3.63, 3.8) is 0 Å². The van der Waals surface area contributed by atoms with Crippen LogP contribution < -0.4 is 0 Å². The predicted molar refractivity (Wildman–Crippen MR) is 154 cm³/mol. The van der Waals surface area contributed by atoms with Crippen molar-refractivity contribution in [3.8, 4) is 0 Å². The highest BCUT2D eigenvalue weighted by Crippen LogP contribution is 2.70. The van der Waals surface area contributed by atoms with Crippen LogP contribution in [0.4, 0.5) is 0 Å². The zero-order chi connectivity index (χ0) is 28.6. The van der Waals surface area contributed by atoms with E-state index in [0.717, 1.165) is 30.4 Å². The van der Waals surface area contributed by atoms with Gasteiger partial charge in [-0.05, 0) is 55.2 Å². The lowest BCUT2D eigenvalue weighted by Crippen LogP contribution is -2.63. The van der Waals surface area contributed by atoms with E-state index < -0.39 is 17.1 Å². The third-order valence-corrected chi connectivity index (χ3v) is 12.7. The first-order valence-corrected chi connectivity index (χ1v) is 16.1. The van der Waals surface area contributed by atoms with Gasteiger partial charge in [0.15, 0.2) is 17.2 Å². The molecule has 0 amide bonds. The van der Waals surface area contributed by atoms with Crippen molar-refractivity contribution in [2.24, 2.45) is 34.5 Å². The van der Waals surface area contributed by atoms with Crippen LogP contribution >= 0.6 is 11.8 Å². The molecule has 1 unspecified atom stereocenters. The fourth-order valence-electron chi connectivity index (χ4n) is 9.74. The Morgan fingerprint density at radius 1 is 1.17 bits per heavy atom. The highest BCUT2D eigenvalue weighted by atomic mass is 32.2. The largest absolute Gasteiger partial charge is 0.465 e. The van der Waals surface area contributed by atoms with E-state index in [9.17, 15) is 19.5 Å². The maximum atomic E-state index is 14.5. The van der Waals surface area contributed by atoms with Gasteiger partial charge in [-0.3, -0.25) is 19.2 Å². The van der Waals surface area contributed by atoms with Crippen molar-refractivity contribution in [2.75, 3.05) is 18.9 Å². The van der Waals surface area contributed by atoms with E-state index in [1.54, 1.807) is 12.2 Å². The van der Waals surface area contributed by atoms with E-state index in [4.69, 9.17) is 9.57 Å². The molecule has 7 nitrogen and oxygen atoms in total. The Kier molecular flexibility index (Phi) is 6.65. The number of cyclic esters (lactones) is 1. The molecule has 5 fully saturated rings. The first-order chi connectivity index (χ1) is 19.7. The number of allylic oxidation sites excluding steroid dienone is 4. The van der Waals surface area contributed by atoms with Gasteiger partial charge < -0.3 is 9.84 Å². The quantitative estimate of drug-likeness (QED) is 0.501. The molecule has 0 spiro atoms. The highest BCUT2D eigenvalue weighted by molar-refractivity contribution is 8.01. The molecular formula is C33H39NO6S. The molecule has 2 heterocycles. The Hall–Kier alpha value is -2.26. The van der Waals surface area contributed by atoms with Crippen molar-refractivity contribution in [1.82, 2.24) is 5.06 Å². The number of nitrogens with zero attached hydrogens (tertiary/aromatic N) is 1. The molecule has 6 aliphatic rings. The van der Waals surface area contributed by atoms with Crippen molar-refractivity contribution in [2.45, 2.75) is 69.5 Å². The summed E-state index contributed by atoms with van der Waals surface area (Å²) in [7, 11) is 0. The molecule has 1 N–H and O–H groups in total. The number of hydrogen-bond donors (Lipinski definition) is 1. The molecule has 0 aromatic heterocycles. The number of hydroxylamine groups is 2. The van der Waals surface area contributed by atoms with Gasteiger partial charge in [0.05, 0.1) is 18.5 Å². The molecule has 9 atom stereocenters. The van der Waals surface area contributed by atoms with Crippen LogP contribution in [0.2, 0.25) is 0 Å². The second-order valence-electron chi connectivity index (χ2n) is 13.5. The molecule has 4 aliphatic carbocycles. The number of ether oxygens (including phenoxy) is 1. The molecule has 1 aromatic rings. The van der Waals surface area contributed by atoms with E-state index in [1.807, 2.05) is 29.3 Å². The molecule has 3 saturated carbocycles. The lowest BCUT2D eigenvalue weighted by molar-refractivity contribution is -0.252. The summed E-state index contributed by atoms with van der Waals surface area (Å²) in [5.74, 6) is 0.461. The number of fused-ring (bicyclic) bond motifs is 7. The highest BCUT2D eigenvalue weighted by Gasteiger charge is 2.75. The van der Waals surface area contributed by atoms with Crippen molar-refractivity contribution in [1.29, 1.82) is 0 Å². The summed E-state index contributed by atoms with van der Waals surface area (Å²) in [4.78, 5) is 45.8. The second kappa shape index (κ2) is 9.90. The van der Waals surface area contributed by atoms with Gasteiger partial charge in [0, 0.05) is 42.2 Å². The number of thioether (sulfide) groups is 1. The number of esters is 1. The minimum Gasteiger partial charge on any atom is -0.465 e. The van der Waals surface area contributed by atoms with E-state index in [1.165, 1.54) is 11.8 Å². The Labute approximate surface area is 245 Å². The molecule has 7 rings (SSSR count). The third kappa shape index (κ3) is 4.08. The maximum Gasteiger partial charge on any atom is 0.319 e. The Morgan fingerprint density at radius 3 is 2.73 bits per heavy atom. The first kappa shape index (κ1) is 27.6. The van der Waals surface area contributed by atoms with Crippen LogP contribution in [0.25, 0.3) is 0 Å². The van der Waals surface area contributed by atoms with Gasteiger partial charge in [-0.25, -0.2) is 0 Å². The number of rotatable bonds is 6. The second-order valence-corrected chi connectivity index (χ2v) is 14.6. The van der Waals surface area contributed by atoms with Gasteiger partial charge in [0.2, 0.25) is 0 Å². The fraction of sp³-hybridized carbons (Fsp3) is 0.606. The molecule has 2 aliphatic heterocycles. The number of ketones is 2. The number of hydrogen-bond acceptors (Lipinski definition) is 8. The normalized spacial score (nSPS) is 43.1. The minimum absolute atomic E-state index is 0.000963. The average Bonchev–Trinajstić information content (AvgIpc) is 3.59. The summed E-state index contributed by atoms with van der Waals surface area (Å²) in [6.45, 7) is 6.02. The van der Waals surface area contributed by atoms with Gasteiger partial charge >= 0.3 is 5.97 Å². The molecule has 0 radical (unpaired) electrons. The zero-order valence-corrected chi connectivity index (χ0v) is 24.6. The number of benzene rings is 1. The predicted octanol–water partition coefficient (Wildman–Crippen LogP) is 4.30. The van der Waals surface area contributed by atoms with Crippen LogP contribution in [0.3, 0.4) is 0 Å². The molecular weight excluding hydrogens is 538 g/mol. The lowest BCUT2D eigenvalue weighted by Gasteiger charge is -2.60. The van der Waals surface area contributed by atoms with E-state index in [2.05, 4.69) is 26.0 Å². The topological polar surface area (TPSA) is 93.1 Å². The SMILES string of the molecule is C[C@]12C=CC(=O)C=C1CC[C@@H]1[C@@H]2[C@@H](O)C[C@@]2(C)[C@H]1C[C@H]1CN(Cc3ccccc3)O[C@]12C(=O)CSC1CCOC1=O. The van der Waals surface area contributed by atoms with E-state index in [-0.39, 0.29) is 57.6 Å². The molecule has 0 bridgehead atoms. The number of carbonyl (C=O) groups excluding carboxylic acids is 3. The molecule has 1 aromatic carbocycles. The Bertz CT molecular complexity index is 1330. The fourth-order valence-corrected chi connectivity index (χ4v) is 10.8. The van der Waals surface area contributed by atoms with Crippen molar-refractivity contribution < 1.29 is 29.1 Å².